The number of anilines is 1. The molecule has 0 saturated carbocycles. The van der Waals surface area contributed by atoms with Crippen LogP contribution >= 0.6 is 0 Å². The summed E-state index contributed by atoms with van der Waals surface area (Å²) in [6.07, 6.45) is -12.5. The monoisotopic (exact) mass is 467 g/mol. The van der Waals surface area contributed by atoms with E-state index in [9.17, 15) is 35.5 Å². The lowest BCUT2D eigenvalue weighted by atomic mass is 9.89. The van der Waals surface area contributed by atoms with Gasteiger partial charge >= 0.3 is 18.0 Å². The number of amides is 1. The molecule has 0 bridgehead atoms. The van der Waals surface area contributed by atoms with Crippen LogP contribution < -0.4 is 10.8 Å². The van der Waals surface area contributed by atoms with Gasteiger partial charge in [-0.25, -0.2) is 4.39 Å². The minimum Gasteiger partial charge on any atom is -0.321 e. The summed E-state index contributed by atoms with van der Waals surface area (Å²) >= 11 is 0. The molecule has 2 nitrogen and oxygen atoms in total. The molecule has 2 radical (unpaired) electrons. The summed E-state index contributed by atoms with van der Waals surface area (Å²) in [7, 11) is 5.72. The van der Waals surface area contributed by atoms with Crippen molar-refractivity contribution in [2.24, 2.45) is 0 Å². The van der Waals surface area contributed by atoms with E-state index < -0.39 is 29.5 Å². The number of hydrogen-bond donors (Lipinski definition) is 1. The summed E-state index contributed by atoms with van der Waals surface area (Å²) in [5.74, 6) is -0.627. The van der Waals surface area contributed by atoms with Crippen molar-refractivity contribution in [2.45, 2.75) is 38.3 Å². The Balaban J connectivity index is 2.03. The summed E-state index contributed by atoms with van der Waals surface area (Å²) in [6.45, 7) is 2.67. The van der Waals surface area contributed by atoms with Crippen LogP contribution in [0.15, 0.2) is 48.5 Å². The molecule has 1 amide bonds. The normalized spacial score (nSPS) is 12.8. The van der Waals surface area contributed by atoms with Crippen LogP contribution in [0.4, 0.5) is 36.4 Å². The first-order valence-corrected chi connectivity index (χ1v) is 9.76. The molecular formula is C23H17BF7NO. The average molecular weight is 467 g/mol. The van der Waals surface area contributed by atoms with Gasteiger partial charge in [-0.2, -0.15) is 26.3 Å². The van der Waals surface area contributed by atoms with Gasteiger partial charge in [-0.15, -0.1) is 0 Å². The van der Waals surface area contributed by atoms with E-state index in [0.717, 1.165) is 5.39 Å². The van der Waals surface area contributed by atoms with Gasteiger partial charge in [0.2, 0.25) is 0 Å². The fourth-order valence-electron chi connectivity index (χ4n) is 3.60. The summed E-state index contributed by atoms with van der Waals surface area (Å²) in [5.41, 5.74) is -6.57. The number of hydrogen-bond acceptors (Lipinski definition) is 1. The van der Waals surface area contributed by atoms with Crippen molar-refractivity contribution in [1.82, 2.24) is 0 Å². The molecule has 33 heavy (non-hydrogen) atoms. The van der Waals surface area contributed by atoms with Gasteiger partial charge in [-0.05, 0) is 53.4 Å². The fourth-order valence-corrected chi connectivity index (χ4v) is 3.60. The van der Waals surface area contributed by atoms with Gasteiger partial charge in [0.1, 0.15) is 7.85 Å². The predicted octanol–water partition coefficient (Wildman–Crippen LogP) is 6.05. The highest BCUT2D eigenvalue weighted by molar-refractivity contribution is 6.33. The highest BCUT2D eigenvalue weighted by atomic mass is 19.4. The quantitative estimate of drug-likeness (QED) is 0.368. The number of rotatable bonds is 4. The summed E-state index contributed by atoms with van der Waals surface area (Å²) in [4.78, 5) is 12.8. The van der Waals surface area contributed by atoms with E-state index >= 15 is 0 Å². The first-order valence-electron chi connectivity index (χ1n) is 9.76. The lowest BCUT2D eigenvalue weighted by Crippen LogP contribution is -2.50. The zero-order valence-corrected chi connectivity index (χ0v) is 17.5. The lowest BCUT2D eigenvalue weighted by Gasteiger charge is -2.31. The molecule has 0 aliphatic rings. The van der Waals surface area contributed by atoms with Crippen molar-refractivity contribution in [2.75, 3.05) is 5.32 Å². The summed E-state index contributed by atoms with van der Waals surface area (Å²) in [6, 6.07) is 10.7. The third-order valence-corrected chi connectivity index (χ3v) is 5.34. The zero-order chi connectivity index (χ0) is 24.8. The van der Waals surface area contributed by atoms with Crippen LogP contribution in [0.1, 0.15) is 34.0 Å². The molecule has 0 heterocycles. The van der Waals surface area contributed by atoms with Crippen molar-refractivity contribution < 1.29 is 35.5 Å². The van der Waals surface area contributed by atoms with E-state index in [-0.39, 0.29) is 28.8 Å². The van der Waals surface area contributed by atoms with Crippen LogP contribution in [0.25, 0.3) is 10.8 Å². The number of fused-ring (bicyclic) bond motifs is 1. The standard InChI is InChI=1S/C23H17BF7NO/c1-3-13-10-17(21(25,22(26,27)28)23(29,30)31)8-12(2)19(13)32-20(33)16-5-4-15-11-18(24)7-6-14(15)9-16/h4-11H,3H2,1-2H3,(H,32,33). The van der Waals surface area contributed by atoms with E-state index in [1.54, 1.807) is 30.3 Å². The van der Waals surface area contributed by atoms with Gasteiger partial charge in [0.15, 0.2) is 0 Å². The fraction of sp³-hybridized carbons (Fsp3) is 0.261. The van der Waals surface area contributed by atoms with Crippen LogP contribution in [-0.2, 0) is 12.1 Å². The number of nitrogens with one attached hydrogen (secondary N) is 1. The van der Waals surface area contributed by atoms with E-state index in [2.05, 4.69) is 5.32 Å². The van der Waals surface area contributed by atoms with Gasteiger partial charge < -0.3 is 5.32 Å². The second kappa shape index (κ2) is 8.39. The molecular weight excluding hydrogens is 450 g/mol. The Labute approximate surface area is 186 Å². The van der Waals surface area contributed by atoms with Crippen LogP contribution in [0.3, 0.4) is 0 Å². The Morgan fingerprint density at radius 1 is 0.879 bits per heavy atom. The second-order valence-corrected chi connectivity index (χ2v) is 7.61. The van der Waals surface area contributed by atoms with E-state index in [0.29, 0.717) is 23.0 Å². The average Bonchev–Trinajstić information content (AvgIpc) is 2.72. The largest absolute Gasteiger partial charge is 0.435 e. The molecule has 1 N–H and O–H groups in total. The van der Waals surface area contributed by atoms with Gasteiger partial charge in [0, 0.05) is 16.8 Å². The van der Waals surface area contributed by atoms with E-state index in [4.69, 9.17) is 7.85 Å². The Morgan fingerprint density at radius 2 is 1.45 bits per heavy atom. The Morgan fingerprint density at radius 3 is 2.03 bits per heavy atom. The molecule has 3 rings (SSSR count). The molecule has 10 heteroatoms. The number of alkyl halides is 7. The number of benzene rings is 3. The lowest BCUT2D eigenvalue weighted by molar-refractivity contribution is -0.348. The highest BCUT2D eigenvalue weighted by Crippen LogP contribution is 2.53. The molecule has 3 aromatic carbocycles. The van der Waals surface area contributed by atoms with Crippen LogP contribution in [-0.4, -0.2) is 26.1 Å². The third-order valence-electron chi connectivity index (χ3n) is 5.34. The van der Waals surface area contributed by atoms with Gasteiger partial charge in [-0.3, -0.25) is 4.79 Å². The Bertz CT molecular complexity index is 1200. The number of aryl methyl sites for hydroxylation is 2. The summed E-state index contributed by atoms with van der Waals surface area (Å²) in [5, 5.41) is 4.01. The van der Waals surface area contributed by atoms with Gasteiger partial charge in [-0.1, -0.05) is 42.7 Å². The molecule has 0 aliphatic carbocycles. The van der Waals surface area contributed by atoms with Gasteiger partial charge in [0.05, 0.1) is 0 Å². The van der Waals surface area contributed by atoms with Crippen LogP contribution in [0.2, 0.25) is 0 Å². The molecule has 0 atom stereocenters. The van der Waals surface area contributed by atoms with E-state index in [1.807, 2.05) is 0 Å². The van der Waals surface area contributed by atoms with E-state index in [1.165, 1.54) is 19.9 Å². The Kier molecular flexibility index (Phi) is 6.25. The first kappa shape index (κ1) is 24.6. The molecule has 172 valence electrons. The van der Waals surface area contributed by atoms with Crippen LogP contribution in [0, 0.1) is 6.92 Å². The van der Waals surface area contributed by atoms with Crippen molar-refractivity contribution in [3.63, 3.8) is 0 Å². The molecule has 0 aliphatic heterocycles. The van der Waals surface area contributed by atoms with Crippen molar-refractivity contribution in [3.05, 3.63) is 70.8 Å². The molecule has 0 fully saturated rings. The molecule has 3 aromatic rings. The Hall–Kier alpha value is -3.04. The first-order chi connectivity index (χ1) is 15.2. The smallest absolute Gasteiger partial charge is 0.321 e. The van der Waals surface area contributed by atoms with Gasteiger partial charge in [0.25, 0.3) is 5.91 Å². The maximum atomic E-state index is 14.5. The molecule has 0 aromatic heterocycles. The maximum absolute atomic E-state index is 14.5. The number of carbonyl (C=O) groups is 1. The minimum atomic E-state index is -6.22. The topological polar surface area (TPSA) is 29.1 Å². The van der Waals surface area contributed by atoms with Crippen molar-refractivity contribution >= 4 is 35.7 Å². The number of carbonyl (C=O) groups excluding carboxylic acids is 1. The predicted molar refractivity (Wildman–Crippen MR) is 113 cm³/mol. The second-order valence-electron chi connectivity index (χ2n) is 7.61. The SMILES string of the molecule is [B]c1ccc2cc(C(=O)Nc3c(C)cc(C(F)(C(F)(F)F)C(F)(F)F)cc3CC)ccc2c1. The van der Waals surface area contributed by atoms with Crippen LogP contribution in [0.5, 0.6) is 0 Å². The van der Waals surface area contributed by atoms with Crippen molar-refractivity contribution in [3.8, 4) is 0 Å². The maximum Gasteiger partial charge on any atom is 0.435 e. The summed E-state index contributed by atoms with van der Waals surface area (Å²) < 4.78 is 93.5. The van der Waals surface area contributed by atoms with Crippen molar-refractivity contribution in [1.29, 1.82) is 0 Å². The molecule has 0 unspecified atom stereocenters. The zero-order valence-electron chi connectivity index (χ0n) is 17.5. The number of halogens is 7. The highest BCUT2D eigenvalue weighted by Gasteiger charge is 2.73. The molecule has 0 spiro atoms. The third kappa shape index (κ3) is 4.43. The minimum absolute atomic E-state index is 0.0235. The molecule has 0 saturated heterocycles.